The Kier molecular flexibility index (Phi) is 6.24. The minimum atomic E-state index is -0.398. The first-order valence-electron chi connectivity index (χ1n) is 8.54. The highest BCUT2D eigenvalue weighted by Crippen LogP contribution is 2.33. The molecule has 1 aromatic carbocycles. The first-order chi connectivity index (χ1) is 12.8. The van der Waals surface area contributed by atoms with Crippen LogP contribution in [0.1, 0.15) is 0 Å². The zero-order valence-electron chi connectivity index (χ0n) is 15.5. The fourth-order valence-corrected chi connectivity index (χ4v) is 4.96. The summed E-state index contributed by atoms with van der Waals surface area (Å²) in [6.45, 7) is 7.57. The number of aromatic nitrogens is 2. The van der Waals surface area contributed by atoms with E-state index >= 15 is 0 Å². The molecule has 3 rings (SSSR count). The average molecular weight is 453 g/mol. The molecule has 1 saturated heterocycles. The number of anilines is 3. The molecule has 1 fully saturated rings. The average Bonchev–Trinajstić information content (AvgIpc) is 2.64. The zero-order valence-corrected chi connectivity index (χ0v) is 18.0. The van der Waals surface area contributed by atoms with Crippen LogP contribution in [0.3, 0.4) is 0 Å². The van der Waals surface area contributed by atoms with Gasteiger partial charge in [0.1, 0.15) is 5.69 Å². The highest BCUT2D eigenvalue weighted by molar-refractivity contribution is 9.10. The van der Waals surface area contributed by atoms with Gasteiger partial charge >= 0.3 is 0 Å². The van der Waals surface area contributed by atoms with Crippen molar-refractivity contribution in [2.45, 2.75) is 0 Å². The van der Waals surface area contributed by atoms with Crippen molar-refractivity contribution < 1.29 is 4.92 Å². The standard InChI is InChI=1S/C17H22BrN6O2P/c1-22-6-8-23(9-7-22)14-5-4-12(10-15(14)24(25)26)20-17-19-11-13(18)16(21-17)27(2)3/h4-5,10-11H,6-9H2,1-3H3,(H,19,20,21). The van der Waals surface area contributed by atoms with Crippen LogP contribution in [0.4, 0.5) is 23.0 Å². The van der Waals surface area contributed by atoms with Crippen LogP contribution in [-0.2, 0) is 0 Å². The van der Waals surface area contributed by atoms with E-state index in [1.165, 1.54) is 0 Å². The minimum Gasteiger partial charge on any atom is -0.363 e. The van der Waals surface area contributed by atoms with Crippen molar-refractivity contribution in [2.75, 3.05) is 56.8 Å². The smallest absolute Gasteiger partial charge is 0.294 e. The summed E-state index contributed by atoms with van der Waals surface area (Å²) in [5, 5.41) is 14.7. The number of benzene rings is 1. The maximum atomic E-state index is 11.6. The van der Waals surface area contributed by atoms with Gasteiger partial charge in [0.15, 0.2) is 0 Å². The molecule has 0 unspecified atom stereocenters. The molecular formula is C17H22BrN6O2P. The number of nitro groups is 1. The second kappa shape index (κ2) is 8.46. The number of nitro benzene ring substituents is 1. The third-order valence-corrected chi connectivity index (χ3v) is 6.50. The van der Waals surface area contributed by atoms with E-state index in [4.69, 9.17) is 0 Å². The van der Waals surface area contributed by atoms with Crippen LogP contribution in [-0.4, -0.2) is 66.3 Å². The van der Waals surface area contributed by atoms with Gasteiger partial charge < -0.3 is 15.1 Å². The van der Waals surface area contributed by atoms with Gasteiger partial charge in [-0.3, -0.25) is 10.1 Å². The summed E-state index contributed by atoms with van der Waals surface area (Å²) in [5.74, 6) is 0.436. The molecule has 1 aromatic heterocycles. The van der Waals surface area contributed by atoms with Gasteiger partial charge in [-0.1, -0.05) is 7.92 Å². The Balaban J connectivity index is 1.86. The number of rotatable bonds is 5. The van der Waals surface area contributed by atoms with Crippen LogP contribution in [0.2, 0.25) is 0 Å². The molecule has 10 heteroatoms. The van der Waals surface area contributed by atoms with Crippen molar-refractivity contribution in [3.05, 3.63) is 39.0 Å². The van der Waals surface area contributed by atoms with Crippen molar-refractivity contribution in [3.63, 3.8) is 0 Å². The SMILES string of the molecule is CN1CCN(c2ccc(Nc3ncc(Br)c(P(C)C)n3)cc2[N+](=O)[O-])CC1. The molecule has 8 nitrogen and oxygen atoms in total. The van der Waals surface area contributed by atoms with Crippen LogP contribution in [0.15, 0.2) is 28.9 Å². The summed E-state index contributed by atoms with van der Waals surface area (Å²) in [5.41, 5.74) is 2.30. The van der Waals surface area contributed by atoms with Crippen molar-refractivity contribution in [3.8, 4) is 0 Å². The normalized spacial score (nSPS) is 15.2. The number of likely N-dealkylation sites (N-methyl/N-ethyl adjacent to an activating group) is 1. The van der Waals surface area contributed by atoms with Gasteiger partial charge in [0.2, 0.25) is 5.95 Å². The summed E-state index contributed by atoms with van der Waals surface area (Å²) in [7, 11) is 1.66. The zero-order chi connectivity index (χ0) is 19.6. The highest BCUT2D eigenvalue weighted by atomic mass is 79.9. The predicted molar refractivity (Wildman–Crippen MR) is 114 cm³/mol. The fourth-order valence-electron chi connectivity index (χ4n) is 2.92. The lowest BCUT2D eigenvalue weighted by atomic mass is 10.2. The lowest BCUT2D eigenvalue weighted by molar-refractivity contribution is -0.384. The summed E-state index contributed by atoms with van der Waals surface area (Å²) >= 11 is 3.47. The van der Waals surface area contributed by atoms with E-state index in [-0.39, 0.29) is 10.6 Å². The second-order valence-electron chi connectivity index (χ2n) is 6.64. The largest absolute Gasteiger partial charge is 0.363 e. The lowest BCUT2D eigenvalue weighted by Gasteiger charge is -2.33. The van der Waals surface area contributed by atoms with Gasteiger partial charge in [0, 0.05) is 44.1 Å². The molecule has 0 saturated carbocycles. The maximum Gasteiger partial charge on any atom is 0.294 e. The Hall–Kier alpha value is -1.83. The van der Waals surface area contributed by atoms with Crippen LogP contribution in [0.5, 0.6) is 0 Å². The molecule has 1 aliphatic heterocycles. The Morgan fingerprint density at radius 3 is 2.59 bits per heavy atom. The third-order valence-electron chi connectivity index (χ3n) is 4.42. The van der Waals surface area contributed by atoms with E-state index in [2.05, 4.69) is 61.4 Å². The monoisotopic (exact) mass is 452 g/mol. The van der Waals surface area contributed by atoms with Gasteiger partial charge in [0.05, 0.1) is 14.8 Å². The van der Waals surface area contributed by atoms with Crippen LogP contribution in [0.25, 0.3) is 0 Å². The third kappa shape index (κ3) is 4.72. The molecule has 0 aliphatic carbocycles. The van der Waals surface area contributed by atoms with E-state index in [0.717, 1.165) is 36.1 Å². The molecule has 0 amide bonds. The van der Waals surface area contributed by atoms with Crippen molar-refractivity contribution >= 4 is 52.3 Å². The van der Waals surface area contributed by atoms with E-state index in [1.54, 1.807) is 18.3 Å². The van der Waals surface area contributed by atoms with Crippen molar-refractivity contribution in [1.82, 2.24) is 14.9 Å². The molecule has 0 atom stereocenters. The predicted octanol–water partition coefficient (Wildman–Crippen LogP) is 3.01. The second-order valence-corrected chi connectivity index (χ2v) is 9.70. The molecule has 0 bridgehead atoms. The van der Waals surface area contributed by atoms with Crippen LogP contribution >= 0.6 is 23.9 Å². The molecular weight excluding hydrogens is 431 g/mol. The van der Waals surface area contributed by atoms with E-state index in [0.29, 0.717) is 17.3 Å². The molecule has 1 aliphatic rings. The number of piperazine rings is 1. The molecule has 27 heavy (non-hydrogen) atoms. The Bertz CT molecular complexity index is 842. The Morgan fingerprint density at radius 2 is 1.96 bits per heavy atom. The van der Waals surface area contributed by atoms with Gasteiger partial charge in [-0.15, -0.1) is 0 Å². The van der Waals surface area contributed by atoms with E-state index in [9.17, 15) is 10.1 Å². The number of nitrogens with zero attached hydrogens (tertiary/aromatic N) is 5. The first kappa shape index (κ1) is 19.9. The van der Waals surface area contributed by atoms with Gasteiger partial charge in [0.25, 0.3) is 5.69 Å². The summed E-state index contributed by atoms with van der Waals surface area (Å²) in [6, 6.07) is 5.20. The molecule has 0 spiro atoms. The Labute approximate surface area is 168 Å². The van der Waals surface area contributed by atoms with Gasteiger partial charge in [-0.05, 0) is 48.4 Å². The first-order valence-corrected chi connectivity index (χ1v) is 11.6. The summed E-state index contributed by atoms with van der Waals surface area (Å²) in [4.78, 5) is 24.4. The van der Waals surface area contributed by atoms with E-state index in [1.807, 2.05) is 6.07 Å². The molecule has 1 N–H and O–H groups in total. The number of halogens is 1. The van der Waals surface area contributed by atoms with Crippen LogP contribution in [0, 0.1) is 10.1 Å². The molecule has 144 valence electrons. The number of nitrogens with one attached hydrogen (secondary N) is 1. The Morgan fingerprint density at radius 1 is 1.26 bits per heavy atom. The van der Waals surface area contributed by atoms with E-state index < -0.39 is 7.92 Å². The minimum absolute atomic E-state index is 0.0927. The molecule has 2 heterocycles. The van der Waals surface area contributed by atoms with Gasteiger partial charge in [-0.25, -0.2) is 9.97 Å². The summed E-state index contributed by atoms with van der Waals surface area (Å²) < 4.78 is 0.876. The van der Waals surface area contributed by atoms with Crippen LogP contribution < -0.4 is 15.7 Å². The molecule has 0 radical (unpaired) electrons. The quantitative estimate of drug-likeness (QED) is 0.423. The number of hydrogen-bond acceptors (Lipinski definition) is 7. The topological polar surface area (TPSA) is 87.4 Å². The number of hydrogen-bond donors (Lipinski definition) is 1. The lowest BCUT2D eigenvalue weighted by Crippen LogP contribution is -2.44. The van der Waals surface area contributed by atoms with Crippen molar-refractivity contribution in [1.29, 1.82) is 0 Å². The maximum absolute atomic E-state index is 11.6. The fraction of sp³-hybridized carbons (Fsp3) is 0.412. The highest BCUT2D eigenvalue weighted by Gasteiger charge is 2.23. The van der Waals surface area contributed by atoms with Crippen molar-refractivity contribution in [2.24, 2.45) is 0 Å². The molecule has 2 aromatic rings. The summed E-state index contributed by atoms with van der Waals surface area (Å²) in [6.07, 6.45) is 1.71. The van der Waals surface area contributed by atoms with Gasteiger partial charge in [-0.2, -0.15) is 0 Å².